The molecule has 1 aromatic heterocycles. The third-order valence-electron chi connectivity index (χ3n) is 4.55. The Labute approximate surface area is 158 Å². The molecule has 0 radical (unpaired) electrons. The van der Waals surface area contributed by atoms with Crippen molar-refractivity contribution in [1.82, 2.24) is 14.6 Å². The number of nitrogens with one attached hydrogen (secondary N) is 1. The molecule has 3 rings (SSSR count). The lowest BCUT2D eigenvalue weighted by molar-refractivity contribution is -0.126. The van der Waals surface area contributed by atoms with E-state index in [1.54, 1.807) is 11.3 Å². The summed E-state index contributed by atoms with van der Waals surface area (Å²) in [4.78, 5) is 16.9. The molecule has 0 unspecified atom stereocenters. The molecule has 0 atom stereocenters. The zero-order valence-electron chi connectivity index (χ0n) is 14.7. The van der Waals surface area contributed by atoms with Crippen molar-refractivity contribution < 1.29 is 13.2 Å². The van der Waals surface area contributed by atoms with Crippen molar-refractivity contribution in [3.8, 4) is 10.6 Å². The van der Waals surface area contributed by atoms with Crippen molar-refractivity contribution in [3.63, 3.8) is 0 Å². The molecule has 6 nitrogen and oxygen atoms in total. The fraction of sp³-hybridized carbons (Fsp3) is 0.444. The van der Waals surface area contributed by atoms with E-state index in [1.807, 2.05) is 35.7 Å². The maximum absolute atomic E-state index is 12.3. The van der Waals surface area contributed by atoms with Gasteiger partial charge >= 0.3 is 0 Å². The molecule has 1 amide bonds. The van der Waals surface area contributed by atoms with Gasteiger partial charge in [0.15, 0.2) is 0 Å². The van der Waals surface area contributed by atoms with Gasteiger partial charge in [-0.1, -0.05) is 30.3 Å². The summed E-state index contributed by atoms with van der Waals surface area (Å²) in [6.07, 6.45) is 3.06. The number of benzene rings is 1. The van der Waals surface area contributed by atoms with Crippen LogP contribution in [-0.4, -0.2) is 49.5 Å². The number of rotatable bonds is 6. The summed E-state index contributed by atoms with van der Waals surface area (Å²) >= 11 is 1.61. The number of aromatic nitrogens is 1. The van der Waals surface area contributed by atoms with E-state index in [1.165, 1.54) is 10.6 Å². The Kier molecular flexibility index (Phi) is 6.05. The molecule has 2 heterocycles. The number of thiazole rings is 1. The zero-order valence-corrected chi connectivity index (χ0v) is 16.4. The number of sulfonamides is 1. The molecule has 2 aromatic rings. The lowest BCUT2D eigenvalue weighted by Crippen LogP contribution is -2.42. The Hall–Kier alpha value is -1.77. The number of hydrogen-bond donors (Lipinski definition) is 1. The van der Waals surface area contributed by atoms with Crippen LogP contribution in [0, 0.1) is 5.92 Å². The summed E-state index contributed by atoms with van der Waals surface area (Å²) in [5.74, 6) is -0.0972. The normalized spacial score (nSPS) is 16.5. The zero-order chi connectivity index (χ0) is 18.6. The number of hydrogen-bond acceptors (Lipinski definition) is 5. The van der Waals surface area contributed by atoms with Crippen LogP contribution in [0.5, 0.6) is 0 Å². The molecule has 8 heteroatoms. The first-order valence-electron chi connectivity index (χ1n) is 8.66. The van der Waals surface area contributed by atoms with E-state index in [4.69, 9.17) is 0 Å². The molecular formula is C18H23N3O3S2. The van der Waals surface area contributed by atoms with Gasteiger partial charge in [-0.25, -0.2) is 17.7 Å². The minimum atomic E-state index is -3.15. The SMILES string of the molecule is CS(=O)(=O)N1CCC(C(=O)NCCc2csc(-c3ccccc3)n2)CC1. The smallest absolute Gasteiger partial charge is 0.223 e. The average molecular weight is 394 g/mol. The number of amides is 1. The van der Waals surface area contributed by atoms with E-state index in [9.17, 15) is 13.2 Å². The van der Waals surface area contributed by atoms with Crippen LogP contribution in [0.3, 0.4) is 0 Å². The van der Waals surface area contributed by atoms with Crippen LogP contribution < -0.4 is 5.32 Å². The van der Waals surface area contributed by atoms with Gasteiger partial charge in [0.05, 0.1) is 11.9 Å². The Morgan fingerprint density at radius 2 is 1.96 bits per heavy atom. The topological polar surface area (TPSA) is 79.4 Å². The maximum Gasteiger partial charge on any atom is 0.223 e. The van der Waals surface area contributed by atoms with Gasteiger partial charge in [-0.2, -0.15) is 0 Å². The third kappa shape index (κ3) is 4.90. The monoisotopic (exact) mass is 393 g/mol. The molecule has 140 valence electrons. The van der Waals surface area contributed by atoms with Crippen LogP contribution in [0.15, 0.2) is 35.7 Å². The van der Waals surface area contributed by atoms with Crippen LogP contribution in [0.25, 0.3) is 10.6 Å². The quantitative estimate of drug-likeness (QED) is 0.815. The summed E-state index contributed by atoms with van der Waals surface area (Å²) in [5.41, 5.74) is 2.08. The minimum Gasteiger partial charge on any atom is -0.355 e. The molecule has 26 heavy (non-hydrogen) atoms. The Balaban J connectivity index is 1.44. The Morgan fingerprint density at radius 3 is 2.62 bits per heavy atom. The van der Waals surface area contributed by atoms with E-state index in [-0.39, 0.29) is 11.8 Å². The lowest BCUT2D eigenvalue weighted by atomic mass is 9.97. The van der Waals surface area contributed by atoms with Crippen LogP contribution in [-0.2, 0) is 21.2 Å². The lowest BCUT2D eigenvalue weighted by Gasteiger charge is -2.29. The van der Waals surface area contributed by atoms with Crippen LogP contribution >= 0.6 is 11.3 Å². The van der Waals surface area contributed by atoms with Crippen LogP contribution in [0.4, 0.5) is 0 Å². The predicted molar refractivity (Wildman–Crippen MR) is 103 cm³/mol. The van der Waals surface area contributed by atoms with E-state index in [0.29, 0.717) is 38.9 Å². The molecule has 1 N–H and O–H groups in total. The summed E-state index contributed by atoms with van der Waals surface area (Å²) < 4.78 is 24.5. The molecule has 1 fully saturated rings. The van der Waals surface area contributed by atoms with Crippen molar-refractivity contribution in [2.75, 3.05) is 25.9 Å². The first-order chi connectivity index (χ1) is 12.4. The second kappa shape index (κ2) is 8.28. The van der Waals surface area contributed by atoms with Crippen molar-refractivity contribution in [3.05, 3.63) is 41.4 Å². The van der Waals surface area contributed by atoms with E-state index >= 15 is 0 Å². The van der Waals surface area contributed by atoms with Gasteiger partial charge in [0, 0.05) is 42.9 Å². The van der Waals surface area contributed by atoms with Crippen LogP contribution in [0.1, 0.15) is 18.5 Å². The number of piperidine rings is 1. The van der Waals surface area contributed by atoms with Crippen molar-refractivity contribution >= 4 is 27.3 Å². The van der Waals surface area contributed by atoms with Gasteiger partial charge in [-0.15, -0.1) is 11.3 Å². The highest BCUT2D eigenvalue weighted by Crippen LogP contribution is 2.23. The molecule has 0 aliphatic carbocycles. The van der Waals surface area contributed by atoms with Gasteiger partial charge in [-0.05, 0) is 12.8 Å². The summed E-state index contributed by atoms with van der Waals surface area (Å²) in [6.45, 7) is 1.38. The first kappa shape index (κ1) is 19.0. The van der Waals surface area contributed by atoms with Gasteiger partial charge < -0.3 is 5.32 Å². The molecule has 1 aliphatic heterocycles. The standard InChI is InChI=1S/C18H23N3O3S2/c1-26(23,24)21-11-8-14(9-12-21)17(22)19-10-7-16-13-25-18(20-16)15-5-3-2-4-6-15/h2-6,13-14H,7-12H2,1H3,(H,19,22). The van der Waals surface area contributed by atoms with E-state index in [0.717, 1.165) is 16.3 Å². The fourth-order valence-corrected chi connectivity index (χ4v) is 4.78. The second-order valence-corrected chi connectivity index (χ2v) is 9.33. The van der Waals surface area contributed by atoms with Crippen molar-refractivity contribution in [1.29, 1.82) is 0 Å². The molecule has 0 spiro atoms. The highest BCUT2D eigenvalue weighted by atomic mass is 32.2. The number of carbonyl (C=O) groups excluding carboxylic acids is 1. The van der Waals surface area contributed by atoms with Gasteiger partial charge in [0.1, 0.15) is 5.01 Å². The largest absolute Gasteiger partial charge is 0.355 e. The minimum absolute atomic E-state index is 0.0108. The second-order valence-electron chi connectivity index (χ2n) is 6.49. The number of nitrogens with zero attached hydrogens (tertiary/aromatic N) is 2. The molecule has 0 saturated carbocycles. The summed E-state index contributed by atoms with van der Waals surface area (Å²) in [7, 11) is -3.15. The van der Waals surface area contributed by atoms with Crippen molar-refractivity contribution in [2.24, 2.45) is 5.92 Å². The summed E-state index contributed by atoms with van der Waals surface area (Å²) in [6, 6.07) is 10.0. The average Bonchev–Trinajstić information content (AvgIpc) is 3.11. The maximum atomic E-state index is 12.3. The third-order valence-corrected chi connectivity index (χ3v) is 6.79. The summed E-state index contributed by atoms with van der Waals surface area (Å²) in [5, 5.41) is 5.97. The number of carbonyl (C=O) groups is 1. The first-order valence-corrected chi connectivity index (χ1v) is 11.4. The molecular weight excluding hydrogens is 370 g/mol. The van der Waals surface area contributed by atoms with Crippen LogP contribution in [0.2, 0.25) is 0 Å². The molecule has 1 aliphatic rings. The highest BCUT2D eigenvalue weighted by Gasteiger charge is 2.28. The molecule has 1 saturated heterocycles. The fourth-order valence-electron chi connectivity index (χ4n) is 3.04. The van der Waals surface area contributed by atoms with E-state index < -0.39 is 10.0 Å². The van der Waals surface area contributed by atoms with E-state index in [2.05, 4.69) is 10.3 Å². The van der Waals surface area contributed by atoms with Gasteiger partial charge in [0.25, 0.3) is 0 Å². The van der Waals surface area contributed by atoms with Gasteiger partial charge in [0.2, 0.25) is 15.9 Å². The van der Waals surface area contributed by atoms with Crippen molar-refractivity contribution in [2.45, 2.75) is 19.3 Å². The highest BCUT2D eigenvalue weighted by molar-refractivity contribution is 7.88. The molecule has 0 bridgehead atoms. The predicted octanol–water partition coefficient (Wildman–Crippen LogP) is 2.14. The molecule has 1 aromatic carbocycles. The Bertz CT molecular complexity index is 842. The van der Waals surface area contributed by atoms with Gasteiger partial charge in [-0.3, -0.25) is 4.79 Å². The Morgan fingerprint density at radius 1 is 1.27 bits per heavy atom.